The largest absolute Gasteiger partial charge is 0.312 e. The SMILES string of the molecule is C=CCCNCc1ccc(-c2ccc(C(=O)c3ccc(-c4ccc(CNCCC=C)cc4)c(-c4ccc(F)cc4F)c3)cc2-c2ccc(F)cc2F)cc1. The van der Waals surface area contributed by atoms with Crippen molar-refractivity contribution in [1.29, 1.82) is 0 Å². The van der Waals surface area contributed by atoms with Crippen LogP contribution in [0.1, 0.15) is 39.9 Å². The molecule has 0 saturated heterocycles. The highest BCUT2D eigenvalue weighted by Gasteiger charge is 2.20. The third kappa shape index (κ3) is 9.00. The quantitative estimate of drug-likeness (QED) is 0.0452. The van der Waals surface area contributed by atoms with Gasteiger partial charge < -0.3 is 10.6 Å². The van der Waals surface area contributed by atoms with Crippen LogP contribution in [0, 0.1) is 23.3 Å². The number of carbonyl (C=O) groups excluding carboxylic acids is 1. The van der Waals surface area contributed by atoms with E-state index in [1.807, 2.05) is 60.7 Å². The molecule has 7 heteroatoms. The summed E-state index contributed by atoms with van der Waals surface area (Å²) in [5, 5.41) is 6.71. The molecule has 6 aromatic carbocycles. The molecule has 0 aliphatic heterocycles. The third-order valence-electron chi connectivity index (χ3n) is 9.24. The summed E-state index contributed by atoms with van der Waals surface area (Å²) in [5.41, 5.74) is 6.64. The molecule has 0 aliphatic rings. The first kappa shape index (κ1) is 37.9. The predicted molar refractivity (Wildman–Crippen MR) is 211 cm³/mol. The first-order valence-corrected chi connectivity index (χ1v) is 17.8. The maximum Gasteiger partial charge on any atom is 0.193 e. The van der Waals surface area contributed by atoms with Crippen molar-refractivity contribution < 1.29 is 22.4 Å². The van der Waals surface area contributed by atoms with Gasteiger partial charge >= 0.3 is 0 Å². The molecule has 0 heterocycles. The van der Waals surface area contributed by atoms with Crippen molar-refractivity contribution in [3.05, 3.63) is 192 Å². The topological polar surface area (TPSA) is 41.1 Å². The summed E-state index contributed by atoms with van der Waals surface area (Å²) >= 11 is 0. The van der Waals surface area contributed by atoms with Gasteiger partial charge in [-0.25, -0.2) is 17.6 Å². The van der Waals surface area contributed by atoms with E-state index in [1.165, 1.54) is 24.3 Å². The van der Waals surface area contributed by atoms with Crippen LogP contribution in [0.4, 0.5) is 17.6 Å². The van der Waals surface area contributed by atoms with Gasteiger partial charge in [-0.3, -0.25) is 4.79 Å². The Labute approximate surface area is 313 Å². The van der Waals surface area contributed by atoms with E-state index in [0.717, 1.165) is 60.3 Å². The summed E-state index contributed by atoms with van der Waals surface area (Å²) in [4.78, 5) is 14.2. The molecule has 0 unspecified atom stereocenters. The Morgan fingerprint density at radius 1 is 0.481 bits per heavy atom. The van der Waals surface area contributed by atoms with Crippen molar-refractivity contribution in [2.24, 2.45) is 0 Å². The van der Waals surface area contributed by atoms with Gasteiger partial charge in [0.25, 0.3) is 0 Å². The molecule has 0 aliphatic carbocycles. The van der Waals surface area contributed by atoms with Gasteiger partial charge in [-0.1, -0.05) is 84.9 Å². The minimum absolute atomic E-state index is 0.139. The van der Waals surface area contributed by atoms with E-state index < -0.39 is 23.3 Å². The van der Waals surface area contributed by atoms with Gasteiger partial charge in [0.1, 0.15) is 23.3 Å². The van der Waals surface area contributed by atoms with Crippen LogP contribution in [0.15, 0.2) is 147 Å². The minimum Gasteiger partial charge on any atom is -0.312 e. The zero-order valence-electron chi connectivity index (χ0n) is 29.8. The summed E-state index contributed by atoms with van der Waals surface area (Å²) in [6.45, 7) is 10.4. The Bertz CT molecular complexity index is 2120. The second kappa shape index (κ2) is 17.8. The summed E-state index contributed by atoms with van der Waals surface area (Å²) < 4.78 is 58.8. The molecule has 3 nitrogen and oxygen atoms in total. The Morgan fingerprint density at radius 3 is 1.24 bits per heavy atom. The normalized spacial score (nSPS) is 11.0. The van der Waals surface area contributed by atoms with Gasteiger partial charge in [0.05, 0.1) is 0 Å². The number of nitrogens with one attached hydrogen (secondary N) is 2. The highest BCUT2D eigenvalue weighted by molar-refractivity contribution is 6.11. The van der Waals surface area contributed by atoms with Crippen LogP contribution in [-0.4, -0.2) is 18.9 Å². The third-order valence-corrected chi connectivity index (χ3v) is 9.24. The van der Waals surface area contributed by atoms with Crippen molar-refractivity contribution in [3.8, 4) is 44.5 Å². The van der Waals surface area contributed by atoms with Crippen molar-refractivity contribution in [3.63, 3.8) is 0 Å². The number of hydrogen-bond acceptors (Lipinski definition) is 3. The van der Waals surface area contributed by atoms with Gasteiger partial charge in [-0.2, -0.15) is 0 Å². The molecule has 0 saturated carbocycles. The lowest BCUT2D eigenvalue weighted by Gasteiger charge is -2.16. The molecular weight excluding hydrogens is 685 g/mol. The van der Waals surface area contributed by atoms with E-state index in [9.17, 15) is 13.6 Å². The molecule has 6 aromatic rings. The van der Waals surface area contributed by atoms with Crippen molar-refractivity contribution in [1.82, 2.24) is 10.6 Å². The summed E-state index contributed by atoms with van der Waals surface area (Å²) in [6.07, 6.45) is 5.41. The molecule has 54 heavy (non-hydrogen) atoms. The van der Waals surface area contributed by atoms with E-state index in [1.54, 1.807) is 36.4 Å². The molecule has 0 atom stereocenters. The van der Waals surface area contributed by atoms with Gasteiger partial charge in [-0.15, -0.1) is 13.2 Å². The minimum atomic E-state index is -0.763. The number of hydrogen-bond donors (Lipinski definition) is 2. The molecule has 272 valence electrons. The second-order valence-corrected chi connectivity index (χ2v) is 13.0. The van der Waals surface area contributed by atoms with Crippen LogP contribution >= 0.6 is 0 Å². The van der Waals surface area contributed by atoms with Gasteiger partial charge in [0.15, 0.2) is 5.78 Å². The fraction of sp³-hybridized carbons (Fsp3) is 0.128. The van der Waals surface area contributed by atoms with Gasteiger partial charge in [0.2, 0.25) is 0 Å². The Kier molecular flexibility index (Phi) is 12.4. The summed E-state index contributed by atoms with van der Waals surface area (Å²) in [7, 11) is 0. The zero-order chi connectivity index (χ0) is 38.0. The highest BCUT2D eigenvalue weighted by atomic mass is 19.1. The summed E-state index contributed by atoms with van der Waals surface area (Å²) in [6, 6.07) is 32.4. The lowest BCUT2D eigenvalue weighted by molar-refractivity contribution is 0.103. The first-order valence-electron chi connectivity index (χ1n) is 17.8. The standard InChI is InChI=1S/C47H40F4N2O/c1-3-5-23-52-29-31-7-11-33(12-8-31)39-19-15-35(25-43(39)41-21-17-37(48)27-45(41)50)47(54)36-16-20-40(44(26-36)42-22-18-38(49)28-46(42)51)34-13-9-32(10-14-34)30-53-24-6-4-2/h3-4,7-22,25-28,52-53H,1-2,5-6,23-24,29-30H2. The first-order chi connectivity index (χ1) is 26.2. The van der Waals surface area contributed by atoms with Crippen LogP contribution in [0.3, 0.4) is 0 Å². The number of carbonyl (C=O) groups is 1. The monoisotopic (exact) mass is 724 g/mol. The Morgan fingerprint density at radius 2 is 0.870 bits per heavy atom. The van der Waals surface area contributed by atoms with Gasteiger partial charge in [0, 0.05) is 47.5 Å². The average molecular weight is 725 g/mol. The number of benzene rings is 6. The average Bonchev–Trinajstić information content (AvgIpc) is 3.18. The lowest BCUT2D eigenvalue weighted by atomic mass is 9.88. The maximum absolute atomic E-state index is 15.4. The molecule has 0 bridgehead atoms. The Balaban J connectivity index is 1.38. The Hall–Kier alpha value is -5.89. The molecule has 6 rings (SSSR count). The number of rotatable bonds is 16. The van der Waals surface area contributed by atoms with Crippen molar-refractivity contribution in [2.45, 2.75) is 25.9 Å². The van der Waals surface area contributed by atoms with E-state index >= 15 is 8.78 Å². The molecule has 0 spiro atoms. The van der Waals surface area contributed by atoms with E-state index in [0.29, 0.717) is 35.3 Å². The predicted octanol–water partition coefficient (Wildman–Crippen LogP) is 11.5. The fourth-order valence-corrected chi connectivity index (χ4v) is 6.38. The van der Waals surface area contributed by atoms with Crippen LogP contribution in [0.25, 0.3) is 44.5 Å². The second-order valence-electron chi connectivity index (χ2n) is 13.0. The van der Waals surface area contributed by atoms with E-state index in [2.05, 4.69) is 23.8 Å². The van der Waals surface area contributed by atoms with E-state index in [4.69, 9.17) is 0 Å². The smallest absolute Gasteiger partial charge is 0.193 e. The fourth-order valence-electron chi connectivity index (χ4n) is 6.38. The maximum atomic E-state index is 15.4. The molecule has 2 N–H and O–H groups in total. The van der Waals surface area contributed by atoms with E-state index in [-0.39, 0.29) is 28.0 Å². The molecular formula is C47H40F4N2O. The molecule has 0 radical (unpaired) electrons. The number of halogens is 4. The molecule has 0 aromatic heterocycles. The van der Waals surface area contributed by atoms with Crippen LogP contribution in [-0.2, 0) is 13.1 Å². The van der Waals surface area contributed by atoms with Crippen LogP contribution in [0.2, 0.25) is 0 Å². The highest BCUT2D eigenvalue weighted by Crippen LogP contribution is 2.38. The van der Waals surface area contributed by atoms with Crippen molar-refractivity contribution >= 4 is 5.78 Å². The molecule has 0 fully saturated rings. The molecule has 0 amide bonds. The number of ketones is 1. The lowest BCUT2D eigenvalue weighted by Crippen LogP contribution is -2.13. The van der Waals surface area contributed by atoms with Crippen LogP contribution in [0.5, 0.6) is 0 Å². The van der Waals surface area contributed by atoms with Crippen LogP contribution < -0.4 is 10.6 Å². The zero-order valence-corrected chi connectivity index (χ0v) is 29.8. The van der Waals surface area contributed by atoms with Gasteiger partial charge in [-0.05, 0) is 107 Å². The van der Waals surface area contributed by atoms with Crippen molar-refractivity contribution in [2.75, 3.05) is 13.1 Å². The summed E-state index contributed by atoms with van der Waals surface area (Å²) in [5.74, 6) is -3.34.